The van der Waals surface area contributed by atoms with Gasteiger partial charge in [0.2, 0.25) is 5.91 Å². The summed E-state index contributed by atoms with van der Waals surface area (Å²) in [6, 6.07) is 0. The van der Waals surface area contributed by atoms with Gasteiger partial charge in [0, 0.05) is 13.0 Å². The van der Waals surface area contributed by atoms with E-state index < -0.39 is 0 Å². The van der Waals surface area contributed by atoms with Gasteiger partial charge in [0.05, 0.1) is 0 Å². The minimum absolute atomic E-state index is 0.204. The van der Waals surface area contributed by atoms with Gasteiger partial charge in [-0.25, -0.2) is 0 Å². The lowest BCUT2D eigenvalue weighted by Gasteiger charge is -2.02. The highest BCUT2D eigenvalue weighted by Crippen LogP contribution is 2.12. The Balaban J connectivity index is 0.000000604. The zero-order chi connectivity index (χ0) is 16.3. The second-order valence-electron chi connectivity index (χ2n) is 6.70. The monoisotopic (exact) mass is 311 g/mol. The predicted molar refractivity (Wildman–Crippen MR) is 98.2 cm³/mol. The van der Waals surface area contributed by atoms with Crippen LogP contribution >= 0.6 is 0 Å². The second-order valence-corrected chi connectivity index (χ2v) is 6.70. The zero-order valence-corrected chi connectivity index (χ0v) is 15.4. The molecule has 2 heteroatoms. The van der Waals surface area contributed by atoms with E-state index in [1.165, 1.54) is 89.9 Å². The van der Waals surface area contributed by atoms with Crippen molar-refractivity contribution in [2.75, 3.05) is 6.54 Å². The molecular formula is C20H41NO. The largest absolute Gasteiger partial charge is 0.356 e. The van der Waals surface area contributed by atoms with Gasteiger partial charge in [-0.05, 0) is 6.42 Å². The van der Waals surface area contributed by atoms with E-state index in [0.29, 0.717) is 0 Å². The topological polar surface area (TPSA) is 29.1 Å². The van der Waals surface area contributed by atoms with Crippen LogP contribution in [0, 0.1) is 0 Å². The third kappa shape index (κ3) is 17.5. The Morgan fingerprint density at radius 3 is 1.23 bits per heavy atom. The van der Waals surface area contributed by atoms with Crippen molar-refractivity contribution < 1.29 is 4.79 Å². The molecule has 0 spiro atoms. The maximum Gasteiger partial charge on any atom is 0.220 e. The smallest absolute Gasteiger partial charge is 0.220 e. The third-order valence-corrected chi connectivity index (χ3v) is 4.36. The molecule has 0 atom stereocenters. The number of carbonyl (C=O) groups excluding carboxylic acids is 1. The van der Waals surface area contributed by atoms with Crippen molar-refractivity contribution in [2.45, 2.75) is 117 Å². The highest BCUT2D eigenvalue weighted by molar-refractivity contribution is 5.77. The summed E-state index contributed by atoms with van der Waals surface area (Å²) in [6.45, 7) is 5.47. The Labute approximate surface area is 139 Å². The van der Waals surface area contributed by atoms with Gasteiger partial charge >= 0.3 is 0 Å². The normalized spacial score (nSPS) is 13.6. The summed E-state index contributed by atoms with van der Waals surface area (Å²) in [4.78, 5) is 10.1. The van der Waals surface area contributed by atoms with Crippen molar-refractivity contribution in [3.8, 4) is 0 Å². The van der Waals surface area contributed by atoms with Gasteiger partial charge in [-0.1, -0.05) is 104 Å². The lowest BCUT2D eigenvalue weighted by atomic mass is 10.0. The lowest BCUT2D eigenvalue weighted by molar-refractivity contribution is -0.119. The quantitative estimate of drug-likeness (QED) is 0.393. The molecule has 1 saturated heterocycles. The van der Waals surface area contributed by atoms with Gasteiger partial charge in [0.25, 0.3) is 0 Å². The first-order valence-electron chi connectivity index (χ1n) is 10.1. The molecule has 0 aromatic rings. The van der Waals surface area contributed by atoms with Gasteiger partial charge in [-0.2, -0.15) is 0 Å². The summed E-state index contributed by atoms with van der Waals surface area (Å²) in [7, 11) is 0. The van der Waals surface area contributed by atoms with Crippen LogP contribution in [0.1, 0.15) is 117 Å². The van der Waals surface area contributed by atoms with Gasteiger partial charge in [0.1, 0.15) is 0 Å². The Hall–Kier alpha value is -0.530. The average Bonchev–Trinajstić information content (AvgIpc) is 3.00. The number of amides is 1. The van der Waals surface area contributed by atoms with Crippen molar-refractivity contribution in [3.63, 3.8) is 0 Å². The zero-order valence-electron chi connectivity index (χ0n) is 15.4. The Bertz CT molecular complexity index is 206. The van der Waals surface area contributed by atoms with Crippen LogP contribution in [0.15, 0.2) is 0 Å². The molecular weight excluding hydrogens is 270 g/mol. The highest BCUT2D eigenvalue weighted by Gasteiger charge is 2.05. The molecule has 0 unspecified atom stereocenters. The molecule has 0 aromatic heterocycles. The number of hydrogen-bond donors (Lipinski definition) is 1. The van der Waals surface area contributed by atoms with Crippen molar-refractivity contribution >= 4 is 5.91 Å². The minimum Gasteiger partial charge on any atom is -0.356 e. The van der Waals surface area contributed by atoms with Gasteiger partial charge in [-0.15, -0.1) is 0 Å². The summed E-state index contributed by atoms with van der Waals surface area (Å²) in [6.07, 6.45) is 22.2. The maximum absolute atomic E-state index is 10.1. The van der Waals surface area contributed by atoms with Crippen molar-refractivity contribution in [3.05, 3.63) is 0 Å². The summed E-state index contributed by atoms with van der Waals surface area (Å²) >= 11 is 0. The molecule has 0 aliphatic carbocycles. The molecule has 1 amide bonds. The first kappa shape index (κ1) is 21.5. The fourth-order valence-electron chi connectivity index (χ4n) is 2.83. The van der Waals surface area contributed by atoms with Crippen molar-refractivity contribution in [2.24, 2.45) is 0 Å². The van der Waals surface area contributed by atoms with Gasteiger partial charge in [-0.3, -0.25) is 4.79 Å². The van der Waals surface area contributed by atoms with Crippen LogP contribution < -0.4 is 5.32 Å². The third-order valence-electron chi connectivity index (χ3n) is 4.36. The average molecular weight is 312 g/mol. The molecule has 1 N–H and O–H groups in total. The molecule has 1 heterocycles. The van der Waals surface area contributed by atoms with Crippen LogP contribution in [-0.4, -0.2) is 12.5 Å². The van der Waals surface area contributed by atoms with Crippen LogP contribution in [-0.2, 0) is 4.79 Å². The van der Waals surface area contributed by atoms with Gasteiger partial charge < -0.3 is 5.32 Å². The number of hydrogen-bond acceptors (Lipinski definition) is 1. The number of carbonyl (C=O) groups is 1. The molecule has 2 nitrogen and oxygen atoms in total. The SMILES string of the molecule is CCCCCCCCCCCCCCCC.O=C1CCCN1. The van der Waals surface area contributed by atoms with Crippen LogP contribution in [0.25, 0.3) is 0 Å². The molecule has 132 valence electrons. The Morgan fingerprint density at radius 1 is 0.682 bits per heavy atom. The van der Waals surface area contributed by atoms with Crippen LogP contribution in [0.4, 0.5) is 0 Å². The van der Waals surface area contributed by atoms with E-state index in [0.717, 1.165) is 19.4 Å². The number of rotatable bonds is 13. The first-order chi connectivity index (χ1) is 10.8. The van der Waals surface area contributed by atoms with E-state index in [9.17, 15) is 4.79 Å². The summed E-state index contributed by atoms with van der Waals surface area (Å²) in [5.74, 6) is 0.204. The van der Waals surface area contributed by atoms with Crippen molar-refractivity contribution in [1.82, 2.24) is 5.32 Å². The molecule has 1 fully saturated rings. The van der Waals surface area contributed by atoms with E-state index in [2.05, 4.69) is 19.2 Å². The number of nitrogens with one attached hydrogen (secondary N) is 1. The summed E-state index contributed by atoms with van der Waals surface area (Å²) in [5, 5.41) is 2.68. The van der Waals surface area contributed by atoms with Crippen molar-refractivity contribution in [1.29, 1.82) is 0 Å². The minimum atomic E-state index is 0.204. The maximum atomic E-state index is 10.1. The molecule has 0 saturated carbocycles. The molecule has 1 rings (SSSR count). The first-order valence-corrected chi connectivity index (χ1v) is 10.1. The molecule has 0 radical (unpaired) electrons. The molecule has 1 aliphatic rings. The Morgan fingerprint density at radius 2 is 1.05 bits per heavy atom. The number of unbranched alkanes of at least 4 members (excludes halogenated alkanes) is 13. The van der Waals surface area contributed by atoms with Crippen LogP contribution in [0.2, 0.25) is 0 Å². The Kier molecular flexibility index (Phi) is 18.1. The van der Waals surface area contributed by atoms with Gasteiger partial charge in [0.15, 0.2) is 0 Å². The lowest BCUT2D eigenvalue weighted by Crippen LogP contribution is -2.12. The van der Waals surface area contributed by atoms with E-state index in [1.54, 1.807) is 0 Å². The standard InChI is InChI=1S/C16H34.C4H7NO/c1-3-5-7-9-11-13-15-16-14-12-10-8-6-4-2;6-4-2-1-3-5-4/h3-16H2,1-2H3;1-3H2,(H,5,6). The predicted octanol–water partition coefficient (Wildman–Crippen LogP) is 6.38. The molecule has 0 bridgehead atoms. The van der Waals surface area contributed by atoms with E-state index in [-0.39, 0.29) is 5.91 Å². The molecule has 22 heavy (non-hydrogen) atoms. The second kappa shape index (κ2) is 18.5. The van der Waals surface area contributed by atoms with E-state index in [4.69, 9.17) is 0 Å². The van der Waals surface area contributed by atoms with Crippen LogP contribution in [0.5, 0.6) is 0 Å². The van der Waals surface area contributed by atoms with E-state index >= 15 is 0 Å². The fraction of sp³-hybridized carbons (Fsp3) is 0.950. The highest BCUT2D eigenvalue weighted by atomic mass is 16.1. The molecule has 0 aromatic carbocycles. The summed E-state index contributed by atoms with van der Waals surface area (Å²) < 4.78 is 0. The summed E-state index contributed by atoms with van der Waals surface area (Å²) in [5.41, 5.74) is 0. The van der Waals surface area contributed by atoms with Crippen LogP contribution in [0.3, 0.4) is 0 Å². The fourth-order valence-corrected chi connectivity index (χ4v) is 2.83. The van der Waals surface area contributed by atoms with E-state index in [1.807, 2.05) is 0 Å². The molecule has 1 aliphatic heterocycles.